The van der Waals surface area contributed by atoms with Crippen LogP contribution >= 0.6 is 0 Å². The number of nitro benzene ring substituents is 1. The summed E-state index contributed by atoms with van der Waals surface area (Å²) in [5.74, 6) is -0.0647. The van der Waals surface area contributed by atoms with Crippen LogP contribution in [0.5, 0.6) is 11.5 Å². The molecule has 0 saturated heterocycles. The summed E-state index contributed by atoms with van der Waals surface area (Å²) >= 11 is 0. The van der Waals surface area contributed by atoms with Gasteiger partial charge in [0.1, 0.15) is 17.2 Å². The van der Waals surface area contributed by atoms with E-state index in [1.54, 1.807) is 18.2 Å². The molecule has 0 fully saturated rings. The van der Waals surface area contributed by atoms with E-state index in [0.717, 1.165) is 4.90 Å². The minimum absolute atomic E-state index is 0.0465. The first-order chi connectivity index (χ1) is 14.9. The number of hydrogen-bond donors (Lipinski definition) is 1. The van der Waals surface area contributed by atoms with Gasteiger partial charge in [-0.1, -0.05) is 0 Å². The molecule has 2 aromatic carbocycles. The van der Waals surface area contributed by atoms with Crippen molar-refractivity contribution in [1.29, 1.82) is 0 Å². The summed E-state index contributed by atoms with van der Waals surface area (Å²) in [5, 5.41) is 14.0. The number of nitro groups is 1. The van der Waals surface area contributed by atoms with Gasteiger partial charge in [-0.3, -0.25) is 24.6 Å². The Balaban J connectivity index is 2.07. The first kappa shape index (κ1) is 21.8. The Bertz CT molecular complexity index is 1030. The number of rotatable bonds is 9. The number of carbonyl (C=O) groups excluding carboxylic acids is 2. The summed E-state index contributed by atoms with van der Waals surface area (Å²) < 4.78 is 15.5. The highest BCUT2D eigenvalue weighted by Gasteiger charge is 2.39. The van der Waals surface area contributed by atoms with E-state index in [0.29, 0.717) is 22.7 Å². The van der Waals surface area contributed by atoms with Crippen molar-refractivity contribution in [2.24, 2.45) is 0 Å². The Labute approximate surface area is 178 Å². The molecule has 0 radical (unpaired) electrons. The van der Waals surface area contributed by atoms with Crippen molar-refractivity contribution < 1.29 is 28.7 Å². The van der Waals surface area contributed by atoms with Gasteiger partial charge in [0.25, 0.3) is 17.5 Å². The van der Waals surface area contributed by atoms with Crippen molar-refractivity contribution in [1.82, 2.24) is 4.90 Å². The Morgan fingerprint density at radius 2 is 1.58 bits per heavy atom. The molecular formula is C21H21N3O7. The predicted molar refractivity (Wildman–Crippen MR) is 112 cm³/mol. The summed E-state index contributed by atoms with van der Waals surface area (Å²) in [6, 6.07) is 10.4. The number of carbonyl (C=O) groups is 2. The standard InChI is InChI=1S/C21H21N3O7/c1-29-9-8-23-20(25)18(13-4-6-15(7-5-13)24(27)28)19(21(23)26)22-14-10-16(30-2)12-17(11-14)31-3/h4-7,10-12,22H,8-9H2,1-3H3. The topological polar surface area (TPSA) is 120 Å². The minimum atomic E-state index is -0.535. The van der Waals surface area contributed by atoms with Gasteiger partial charge in [-0.05, 0) is 17.7 Å². The molecule has 1 N–H and O–H groups in total. The minimum Gasteiger partial charge on any atom is -0.497 e. The Morgan fingerprint density at radius 3 is 2.10 bits per heavy atom. The second-order valence-corrected chi connectivity index (χ2v) is 6.54. The van der Waals surface area contributed by atoms with E-state index in [4.69, 9.17) is 14.2 Å². The van der Waals surface area contributed by atoms with Gasteiger partial charge in [-0.25, -0.2) is 0 Å². The second-order valence-electron chi connectivity index (χ2n) is 6.54. The van der Waals surface area contributed by atoms with Crippen LogP contribution in [0.25, 0.3) is 5.57 Å². The van der Waals surface area contributed by atoms with Crippen molar-refractivity contribution in [3.8, 4) is 11.5 Å². The summed E-state index contributed by atoms with van der Waals surface area (Å²) in [4.78, 5) is 37.6. The molecule has 0 aliphatic carbocycles. The molecule has 0 saturated carbocycles. The van der Waals surface area contributed by atoms with Crippen LogP contribution in [0.4, 0.5) is 11.4 Å². The third kappa shape index (κ3) is 4.48. The number of anilines is 1. The Kier molecular flexibility index (Phi) is 6.51. The molecule has 1 heterocycles. The molecule has 0 spiro atoms. The van der Waals surface area contributed by atoms with Crippen molar-refractivity contribution >= 4 is 28.8 Å². The predicted octanol–water partition coefficient (Wildman–Crippen LogP) is 2.45. The van der Waals surface area contributed by atoms with Crippen LogP contribution in [-0.2, 0) is 14.3 Å². The fraction of sp³-hybridized carbons (Fsp3) is 0.238. The van der Waals surface area contributed by atoms with Crippen molar-refractivity contribution in [2.45, 2.75) is 0 Å². The zero-order valence-electron chi connectivity index (χ0n) is 17.2. The number of methoxy groups -OCH3 is 3. The highest BCUT2D eigenvalue weighted by atomic mass is 16.6. The number of amides is 2. The number of benzene rings is 2. The van der Waals surface area contributed by atoms with Gasteiger partial charge in [-0.15, -0.1) is 0 Å². The number of non-ortho nitro benzene ring substituents is 1. The highest BCUT2D eigenvalue weighted by molar-refractivity contribution is 6.36. The summed E-state index contributed by atoms with van der Waals surface area (Å²) in [7, 11) is 4.46. The molecule has 31 heavy (non-hydrogen) atoms. The molecule has 0 aromatic heterocycles. The summed E-state index contributed by atoms with van der Waals surface area (Å²) in [5.41, 5.74) is 0.883. The van der Waals surface area contributed by atoms with Gasteiger partial charge in [0.2, 0.25) is 0 Å². The molecule has 0 atom stereocenters. The first-order valence-corrected chi connectivity index (χ1v) is 9.24. The molecular weight excluding hydrogens is 406 g/mol. The van der Waals surface area contributed by atoms with Crippen LogP contribution in [0.1, 0.15) is 5.56 Å². The lowest BCUT2D eigenvalue weighted by Gasteiger charge is -2.15. The fourth-order valence-corrected chi connectivity index (χ4v) is 3.12. The zero-order valence-corrected chi connectivity index (χ0v) is 17.2. The highest BCUT2D eigenvalue weighted by Crippen LogP contribution is 2.33. The van der Waals surface area contributed by atoms with Crippen LogP contribution in [0.2, 0.25) is 0 Å². The zero-order chi connectivity index (χ0) is 22.5. The van der Waals surface area contributed by atoms with Crippen LogP contribution in [0.3, 0.4) is 0 Å². The maximum absolute atomic E-state index is 13.1. The normalized spacial score (nSPS) is 13.6. The van der Waals surface area contributed by atoms with Gasteiger partial charge in [0.15, 0.2) is 0 Å². The number of nitrogens with one attached hydrogen (secondary N) is 1. The first-order valence-electron chi connectivity index (χ1n) is 9.24. The van der Waals surface area contributed by atoms with Gasteiger partial charge in [0, 0.05) is 43.1 Å². The molecule has 0 unspecified atom stereocenters. The van der Waals surface area contributed by atoms with Crippen molar-refractivity contribution in [3.05, 3.63) is 63.8 Å². The largest absolute Gasteiger partial charge is 0.497 e. The van der Waals surface area contributed by atoms with E-state index in [2.05, 4.69) is 5.32 Å². The third-order valence-electron chi connectivity index (χ3n) is 4.67. The molecule has 1 aliphatic rings. The maximum atomic E-state index is 13.1. The number of imide groups is 1. The molecule has 2 amide bonds. The molecule has 0 bridgehead atoms. The molecule has 3 rings (SSSR count). The molecule has 10 heteroatoms. The third-order valence-corrected chi connectivity index (χ3v) is 4.67. The number of nitrogens with zero attached hydrogens (tertiary/aromatic N) is 2. The molecule has 2 aromatic rings. The molecule has 10 nitrogen and oxygen atoms in total. The smallest absolute Gasteiger partial charge is 0.278 e. The van der Waals surface area contributed by atoms with E-state index in [1.807, 2.05) is 0 Å². The Hall–Kier alpha value is -3.92. The average molecular weight is 427 g/mol. The van der Waals surface area contributed by atoms with Crippen LogP contribution in [0, 0.1) is 10.1 Å². The average Bonchev–Trinajstić information content (AvgIpc) is 3.00. The quantitative estimate of drug-likeness (QED) is 0.368. The lowest BCUT2D eigenvalue weighted by molar-refractivity contribution is -0.384. The van der Waals surface area contributed by atoms with Crippen molar-refractivity contribution in [2.75, 3.05) is 39.8 Å². The Morgan fingerprint density at radius 1 is 0.968 bits per heavy atom. The maximum Gasteiger partial charge on any atom is 0.278 e. The van der Waals surface area contributed by atoms with E-state index < -0.39 is 16.7 Å². The molecule has 1 aliphatic heterocycles. The number of hydrogen-bond acceptors (Lipinski definition) is 8. The van der Waals surface area contributed by atoms with Crippen LogP contribution in [0.15, 0.2) is 48.2 Å². The number of ether oxygens (including phenoxy) is 3. The summed E-state index contributed by atoms with van der Waals surface area (Å²) in [6.07, 6.45) is 0. The van der Waals surface area contributed by atoms with Gasteiger partial charge in [-0.2, -0.15) is 0 Å². The monoisotopic (exact) mass is 427 g/mol. The molecule has 162 valence electrons. The lowest BCUT2D eigenvalue weighted by atomic mass is 10.0. The lowest BCUT2D eigenvalue weighted by Crippen LogP contribution is -2.35. The van der Waals surface area contributed by atoms with E-state index >= 15 is 0 Å². The van der Waals surface area contributed by atoms with Crippen LogP contribution in [-0.4, -0.2) is 56.1 Å². The van der Waals surface area contributed by atoms with E-state index in [9.17, 15) is 19.7 Å². The fourth-order valence-electron chi connectivity index (χ4n) is 3.12. The van der Waals surface area contributed by atoms with Gasteiger partial charge in [0.05, 0.1) is 37.9 Å². The van der Waals surface area contributed by atoms with Crippen molar-refractivity contribution in [3.63, 3.8) is 0 Å². The summed E-state index contributed by atoms with van der Waals surface area (Å²) in [6.45, 7) is 0.239. The second kappa shape index (κ2) is 9.26. The van der Waals surface area contributed by atoms with E-state index in [1.165, 1.54) is 45.6 Å². The van der Waals surface area contributed by atoms with E-state index in [-0.39, 0.29) is 30.1 Å². The van der Waals surface area contributed by atoms with Gasteiger partial charge >= 0.3 is 0 Å². The van der Waals surface area contributed by atoms with Gasteiger partial charge < -0.3 is 19.5 Å². The van der Waals surface area contributed by atoms with Crippen LogP contribution < -0.4 is 14.8 Å². The SMILES string of the molecule is COCCN1C(=O)C(Nc2cc(OC)cc(OC)c2)=C(c2ccc([N+](=O)[O-])cc2)C1=O.